The van der Waals surface area contributed by atoms with Gasteiger partial charge in [-0.25, -0.2) is 13.8 Å². The number of benzene rings is 2. The molecule has 1 spiro atoms. The van der Waals surface area contributed by atoms with E-state index in [1.54, 1.807) is 11.0 Å². The number of para-hydroxylation sites is 1. The first kappa shape index (κ1) is 32.1. The lowest BCUT2D eigenvalue weighted by Crippen LogP contribution is -2.50. The van der Waals surface area contributed by atoms with E-state index in [1.807, 2.05) is 0 Å². The highest BCUT2D eigenvalue weighted by molar-refractivity contribution is 5.84. The van der Waals surface area contributed by atoms with Gasteiger partial charge in [0.15, 0.2) is 17.4 Å². The van der Waals surface area contributed by atoms with Gasteiger partial charge in [0.2, 0.25) is 0 Å². The topological polar surface area (TPSA) is 67.3 Å². The Morgan fingerprint density at radius 2 is 1.75 bits per heavy atom. The monoisotopic (exact) mass is 662 g/mol. The van der Waals surface area contributed by atoms with Crippen LogP contribution in [0.1, 0.15) is 55.3 Å². The minimum atomic E-state index is -4.90. The molecule has 0 N–H and O–H groups in total. The zero-order valence-corrected chi connectivity index (χ0v) is 26.3. The molecule has 250 valence electrons. The molecule has 2 aliphatic heterocycles. The molecule has 2 saturated heterocycles. The van der Waals surface area contributed by atoms with E-state index in [0.29, 0.717) is 30.8 Å². The lowest BCUT2D eigenvalue weighted by Gasteiger charge is -2.49. The average molecular weight is 663 g/mol. The number of piperidine rings is 2. The molecule has 4 heterocycles. The van der Waals surface area contributed by atoms with E-state index in [9.17, 15) is 4.39 Å². The number of likely N-dealkylation sites (tertiary alicyclic amines) is 1. The lowest BCUT2D eigenvalue weighted by atomic mass is 9.72. The van der Waals surface area contributed by atoms with Gasteiger partial charge in [-0.1, -0.05) is 12.1 Å². The summed E-state index contributed by atoms with van der Waals surface area (Å²) in [7, 11) is 0. The maximum Gasteiger partial charge on any atom is 0.422 e. The number of hydrogen-bond acceptors (Lipinski definition) is 7. The summed E-state index contributed by atoms with van der Waals surface area (Å²) in [5.74, 6) is -1.77. The fourth-order valence-corrected chi connectivity index (χ4v) is 7.01. The van der Waals surface area contributed by atoms with Crippen molar-refractivity contribution in [3.05, 3.63) is 89.9 Å². The van der Waals surface area contributed by atoms with Crippen LogP contribution in [-0.2, 0) is 6.18 Å². The Morgan fingerprint density at radius 1 is 0.938 bits per heavy atom. The van der Waals surface area contributed by atoms with Crippen LogP contribution < -0.4 is 9.64 Å². The van der Waals surface area contributed by atoms with Crippen molar-refractivity contribution in [2.45, 2.75) is 44.7 Å². The SMILES string of the molecule is F/C(=C\c1ccc(Oc2ccccc2F)c(C(F)(F)F)c1N1CCCC2(CCN(CC3CC3)CC2)C1)c1cncc(-c2ccnnc2)n1. The van der Waals surface area contributed by atoms with Gasteiger partial charge >= 0.3 is 6.18 Å². The van der Waals surface area contributed by atoms with Crippen molar-refractivity contribution in [2.24, 2.45) is 11.3 Å². The summed E-state index contributed by atoms with van der Waals surface area (Å²) in [5.41, 5.74) is -0.658. The highest BCUT2D eigenvalue weighted by atomic mass is 19.4. The van der Waals surface area contributed by atoms with Crippen LogP contribution in [0, 0.1) is 17.2 Å². The molecule has 7 nitrogen and oxygen atoms in total. The van der Waals surface area contributed by atoms with E-state index in [0.717, 1.165) is 63.0 Å². The second-order valence-electron chi connectivity index (χ2n) is 13.1. The van der Waals surface area contributed by atoms with Gasteiger partial charge in [0, 0.05) is 30.8 Å². The quantitative estimate of drug-likeness (QED) is 0.176. The molecule has 1 saturated carbocycles. The molecule has 0 atom stereocenters. The number of ether oxygens (including phenoxy) is 1. The number of nitrogens with zero attached hydrogens (tertiary/aromatic N) is 6. The van der Waals surface area contributed by atoms with Crippen molar-refractivity contribution in [1.29, 1.82) is 0 Å². The Kier molecular flexibility index (Phi) is 8.84. The Balaban J connectivity index is 1.29. The van der Waals surface area contributed by atoms with Crippen LogP contribution in [0.5, 0.6) is 11.5 Å². The minimum absolute atomic E-state index is 0.0155. The van der Waals surface area contributed by atoms with E-state index in [4.69, 9.17) is 4.74 Å². The molecule has 3 fully saturated rings. The molecule has 0 unspecified atom stereocenters. The van der Waals surface area contributed by atoms with Gasteiger partial charge in [-0.2, -0.15) is 23.4 Å². The predicted octanol–water partition coefficient (Wildman–Crippen LogP) is 8.44. The van der Waals surface area contributed by atoms with Crippen LogP contribution in [0.4, 0.5) is 27.6 Å². The van der Waals surface area contributed by atoms with E-state index in [1.165, 1.54) is 61.9 Å². The Bertz CT molecular complexity index is 1790. The third kappa shape index (κ3) is 7.03. The summed E-state index contributed by atoms with van der Waals surface area (Å²) in [6, 6.07) is 9.48. The molecule has 2 aromatic heterocycles. The van der Waals surface area contributed by atoms with Crippen molar-refractivity contribution < 1.29 is 26.7 Å². The lowest BCUT2D eigenvalue weighted by molar-refractivity contribution is -0.138. The largest absolute Gasteiger partial charge is 0.454 e. The van der Waals surface area contributed by atoms with Crippen molar-refractivity contribution in [2.75, 3.05) is 37.6 Å². The number of rotatable bonds is 8. The molecule has 4 aromatic rings. The summed E-state index contributed by atoms with van der Waals surface area (Å²) in [6.45, 7) is 3.66. The minimum Gasteiger partial charge on any atom is -0.454 e. The van der Waals surface area contributed by atoms with Gasteiger partial charge in [-0.15, -0.1) is 0 Å². The van der Waals surface area contributed by atoms with Gasteiger partial charge in [0.05, 0.1) is 36.2 Å². The second-order valence-corrected chi connectivity index (χ2v) is 13.1. The van der Waals surface area contributed by atoms with Crippen LogP contribution in [0.3, 0.4) is 0 Å². The Hall–Kier alpha value is -4.45. The second kappa shape index (κ2) is 13.2. The maximum atomic E-state index is 16.0. The first-order valence-corrected chi connectivity index (χ1v) is 16.3. The third-order valence-corrected chi connectivity index (χ3v) is 9.66. The molecule has 3 aliphatic rings. The summed E-state index contributed by atoms with van der Waals surface area (Å²) in [5, 5.41) is 7.56. The molecular formula is C36H35F5N6O. The fraction of sp³-hybridized carbons (Fsp3) is 0.389. The molecule has 0 radical (unpaired) electrons. The van der Waals surface area contributed by atoms with Crippen molar-refractivity contribution >= 4 is 17.6 Å². The van der Waals surface area contributed by atoms with Crippen molar-refractivity contribution in [3.63, 3.8) is 0 Å². The first-order chi connectivity index (χ1) is 23.2. The number of anilines is 1. The molecule has 7 rings (SSSR count). The standard InChI is InChI=1S/C36H35F5N6O/c37-27-4-1-2-5-31(27)48-32-9-8-25(18-28(38)30-21-42-20-29(45-30)26-10-14-43-44-19-26)34(33(32)36(39,40)41)47-15-3-11-35(23-47)12-16-46(17-13-35)22-24-6-7-24/h1-2,4-5,8-10,14,18-21,24H,3,6-7,11-13,15-17,22-23H2/b28-18-. The highest BCUT2D eigenvalue weighted by Gasteiger charge is 2.44. The van der Waals surface area contributed by atoms with Crippen LogP contribution in [-0.4, -0.2) is 57.8 Å². The third-order valence-electron chi connectivity index (χ3n) is 9.66. The molecule has 12 heteroatoms. The number of halogens is 5. The molecule has 48 heavy (non-hydrogen) atoms. The average Bonchev–Trinajstić information content (AvgIpc) is 3.91. The van der Waals surface area contributed by atoms with Gasteiger partial charge in [-0.05, 0) is 99.4 Å². The summed E-state index contributed by atoms with van der Waals surface area (Å²) in [4.78, 5) is 12.7. The zero-order chi connectivity index (χ0) is 33.3. The molecule has 1 aliphatic carbocycles. The van der Waals surface area contributed by atoms with Gasteiger partial charge in [-0.3, -0.25) is 4.98 Å². The van der Waals surface area contributed by atoms with Crippen LogP contribution in [0.2, 0.25) is 0 Å². The van der Waals surface area contributed by atoms with Crippen molar-refractivity contribution in [1.82, 2.24) is 25.1 Å². The number of aromatic nitrogens is 4. The van der Waals surface area contributed by atoms with E-state index >= 15 is 17.6 Å². The van der Waals surface area contributed by atoms with Gasteiger partial charge in [0.25, 0.3) is 0 Å². The summed E-state index contributed by atoms with van der Waals surface area (Å²) >= 11 is 0. The van der Waals surface area contributed by atoms with Crippen LogP contribution >= 0.6 is 0 Å². The Morgan fingerprint density at radius 3 is 2.48 bits per heavy atom. The van der Waals surface area contributed by atoms with Crippen LogP contribution in [0.15, 0.2) is 67.3 Å². The fourth-order valence-electron chi connectivity index (χ4n) is 7.01. The zero-order valence-electron chi connectivity index (χ0n) is 26.3. The van der Waals surface area contributed by atoms with Crippen molar-refractivity contribution in [3.8, 4) is 22.8 Å². The molecule has 0 bridgehead atoms. The van der Waals surface area contributed by atoms with Gasteiger partial charge < -0.3 is 14.5 Å². The first-order valence-electron chi connectivity index (χ1n) is 16.3. The van der Waals surface area contributed by atoms with E-state index in [2.05, 4.69) is 25.1 Å². The molecular weight excluding hydrogens is 627 g/mol. The van der Waals surface area contributed by atoms with Crippen LogP contribution in [0.25, 0.3) is 23.2 Å². The number of hydrogen-bond donors (Lipinski definition) is 0. The maximum absolute atomic E-state index is 16.0. The highest BCUT2D eigenvalue weighted by Crippen LogP contribution is 2.50. The predicted molar refractivity (Wildman–Crippen MR) is 172 cm³/mol. The molecule has 2 aromatic carbocycles. The smallest absolute Gasteiger partial charge is 0.422 e. The Labute approximate surface area is 275 Å². The summed E-state index contributed by atoms with van der Waals surface area (Å²) in [6.07, 6.45) is 7.66. The summed E-state index contributed by atoms with van der Waals surface area (Å²) < 4.78 is 81.9. The molecule has 0 amide bonds. The van der Waals surface area contributed by atoms with E-state index in [-0.39, 0.29) is 28.1 Å². The van der Waals surface area contributed by atoms with Gasteiger partial charge in [0.1, 0.15) is 17.0 Å². The van der Waals surface area contributed by atoms with E-state index < -0.39 is 29.1 Å². The number of alkyl halides is 3. The normalized spacial score (nSPS) is 18.7.